The average Bonchev–Trinajstić information content (AvgIpc) is 3.21. The van der Waals surface area contributed by atoms with Crippen LogP contribution in [0.15, 0.2) is 85.1 Å². The first kappa shape index (κ1) is 53.6. The molecule has 6 nitrogen and oxygen atoms in total. The molecule has 0 amide bonds. The van der Waals surface area contributed by atoms with Crippen molar-refractivity contribution in [3.63, 3.8) is 0 Å². The molecule has 0 fully saturated rings. The summed E-state index contributed by atoms with van der Waals surface area (Å²) in [6.07, 6.45) is 57.2. The molecular formula is C51H84O6. The lowest BCUT2D eigenvalue weighted by Crippen LogP contribution is -2.30. The smallest absolute Gasteiger partial charge is 0.306 e. The highest BCUT2D eigenvalue weighted by Gasteiger charge is 2.19. The summed E-state index contributed by atoms with van der Waals surface area (Å²) in [7, 11) is 0. The molecule has 0 aliphatic heterocycles. The van der Waals surface area contributed by atoms with Crippen LogP contribution in [0, 0.1) is 0 Å². The van der Waals surface area contributed by atoms with Gasteiger partial charge in [0, 0.05) is 19.3 Å². The van der Waals surface area contributed by atoms with Crippen molar-refractivity contribution < 1.29 is 28.6 Å². The van der Waals surface area contributed by atoms with Crippen molar-refractivity contribution in [2.75, 3.05) is 13.2 Å². The molecule has 0 N–H and O–H groups in total. The van der Waals surface area contributed by atoms with E-state index in [2.05, 4.69) is 106 Å². The highest BCUT2D eigenvalue weighted by Crippen LogP contribution is 2.12. The van der Waals surface area contributed by atoms with Crippen LogP contribution in [0.5, 0.6) is 0 Å². The second-order valence-corrected chi connectivity index (χ2v) is 14.9. The molecule has 1 unspecified atom stereocenters. The predicted molar refractivity (Wildman–Crippen MR) is 242 cm³/mol. The topological polar surface area (TPSA) is 78.9 Å². The summed E-state index contributed by atoms with van der Waals surface area (Å²) in [5.41, 5.74) is 0. The van der Waals surface area contributed by atoms with Crippen molar-refractivity contribution in [3.8, 4) is 0 Å². The Hall–Kier alpha value is -3.41. The summed E-state index contributed by atoms with van der Waals surface area (Å²) in [6, 6.07) is 0. The van der Waals surface area contributed by atoms with Crippen LogP contribution in [0.1, 0.15) is 201 Å². The summed E-state index contributed by atoms with van der Waals surface area (Å²) in [5.74, 6) is -0.991. The van der Waals surface area contributed by atoms with E-state index >= 15 is 0 Å². The standard InChI is InChI=1S/C51H84O6/c1-4-7-10-13-16-19-21-22-23-24-25-26-27-28-30-32-35-38-41-44-50(53)56-47-48(46-55-49(52)43-40-37-34-31-18-15-12-9-6-3)57-51(54)45-42-39-36-33-29-20-17-14-11-8-5-2/h7,10,14,16-17,19-20,22-23,25-26,29,31,34,48H,4-6,8-9,11-13,15,18,21,24,27-28,30,32-33,35-47H2,1-3H3/b10-7-,17-14-,19-16-,23-22-,26-25-,29-20-,34-31-. The van der Waals surface area contributed by atoms with Crippen LogP contribution in [0.2, 0.25) is 0 Å². The van der Waals surface area contributed by atoms with E-state index in [1.807, 2.05) is 0 Å². The monoisotopic (exact) mass is 793 g/mol. The fraction of sp³-hybridized carbons (Fsp3) is 0.667. The zero-order valence-corrected chi connectivity index (χ0v) is 36.8. The molecule has 0 aliphatic rings. The third-order valence-electron chi connectivity index (χ3n) is 9.38. The van der Waals surface area contributed by atoms with Gasteiger partial charge in [0.1, 0.15) is 13.2 Å². The molecule has 0 aromatic rings. The molecule has 0 saturated carbocycles. The first-order chi connectivity index (χ1) is 28.0. The second kappa shape index (κ2) is 45.3. The van der Waals surface area contributed by atoms with Gasteiger partial charge in [0.05, 0.1) is 0 Å². The molecule has 0 aliphatic carbocycles. The number of esters is 3. The van der Waals surface area contributed by atoms with Crippen molar-refractivity contribution in [1.82, 2.24) is 0 Å². The fourth-order valence-electron chi connectivity index (χ4n) is 5.88. The lowest BCUT2D eigenvalue weighted by molar-refractivity contribution is -0.167. The average molecular weight is 793 g/mol. The molecule has 1 atom stereocenters. The number of carbonyl (C=O) groups is 3. The summed E-state index contributed by atoms with van der Waals surface area (Å²) >= 11 is 0. The molecule has 57 heavy (non-hydrogen) atoms. The molecule has 0 bridgehead atoms. The van der Waals surface area contributed by atoms with Crippen LogP contribution in [0.4, 0.5) is 0 Å². The molecular weight excluding hydrogens is 709 g/mol. The number of hydrogen-bond donors (Lipinski definition) is 0. The number of unbranched alkanes of at least 4 members (excludes halogenated alkanes) is 16. The van der Waals surface area contributed by atoms with Gasteiger partial charge in [0.15, 0.2) is 6.10 Å². The minimum atomic E-state index is -0.805. The van der Waals surface area contributed by atoms with Gasteiger partial charge in [-0.1, -0.05) is 170 Å². The van der Waals surface area contributed by atoms with Gasteiger partial charge in [0.2, 0.25) is 0 Å². The van der Waals surface area contributed by atoms with Crippen molar-refractivity contribution in [1.29, 1.82) is 0 Å². The van der Waals surface area contributed by atoms with E-state index in [9.17, 15) is 14.4 Å². The quantitative estimate of drug-likeness (QED) is 0.0202. The molecule has 6 heteroatoms. The predicted octanol–water partition coefficient (Wildman–Crippen LogP) is 14.9. The van der Waals surface area contributed by atoms with E-state index in [4.69, 9.17) is 14.2 Å². The number of hydrogen-bond acceptors (Lipinski definition) is 6. The van der Waals surface area contributed by atoms with Gasteiger partial charge >= 0.3 is 17.9 Å². The largest absolute Gasteiger partial charge is 0.462 e. The molecule has 0 aromatic heterocycles. The number of allylic oxidation sites excluding steroid dienone is 14. The molecule has 0 rings (SSSR count). The van der Waals surface area contributed by atoms with E-state index in [1.165, 1.54) is 51.4 Å². The van der Waals surface area contributed by atoms with Crippen molar-refractivity contribution in [2.24, 2.45) is 0 Å². The Morgan fingerprint density at radius 2 is 0.772 bits per heavy atom. The maximum absolute atomic E-state index is 12.7. The van der Waals surface area contributed by atoms with E-state index in [1.54, 1.807) is 0 Å². The molecule has 0 aromatic carbocycles. The highest BCUT2D eigenvalue weighted by molar-refractivity contribution is 5.71. The number of rotatable bonds is 40. The van der Waals surface area contributed by atoms with Crippen LogP contribution in [-0.2, 0) is 28.6 Å². The zero-order valence-electron chi connectivity index (χ0n) is 36.8. The van der Waals surface area contributed by atoms with Gasteiger partial charge < -0.3 is 14.2 Å². The van der Waals surface area contributed by atoms with Crippen molar-refractivity contribution in [3.05, 3.63) is 85.1 Å². The Bertz CT molecular complexity index is 1140. The third-order valence-corrected chi connectivity index (χ3v) is 9.38. The lowest BCUT2D eigenvalue weighted by atomic mass is 10.1. The normalized spacial score (nSPS) is 12.8. The third kappa shape index (κ3) is 43.6. The van der Waals surface area contributed by atoms with Crippen molar-refractivity contribution in [2.45, 2.75) is 207 Å². The van der Waals surface area contributed by atoms with Crippen LogP contribution < -0.4 is 0 Å². The number of carbonyl (C=O) groups excluding carboxylic acids is 3. The second-order valence-electron chi connectivity index (χ2n) is 14.9. The molecule has 324 valence electrons. The minimum Gasteiger partial charge on any atom is -0.462 e. The van der Waals surface area contributed by atoms with Gasteiger partial charge in [0.25, 0.3) is 0 Å². The maximum atomic E-state index is 12.7. The Morgan fingerprint density at radius 1 is 0.386 bits per heavy atom. The molecule has 0 saturated heterocycles. The first-order valence-corrected chi connectivity index (χ1v) is 23.1. The van der Waals surface area contributed by atoms with E-state index < -0.39 is 6.10 Å². The Morgan fingerprint density at radius 3 is 1.33 bits per heavy atom. The lowest BCUT2D eigenvalue weighted by Gasteiger charge is -2.18. The van der Waals surface area contributed by atoms with E-state index in [0.29, 0.717) is 19.3 Å². The minimum absolute atomic E-state index is 0.105. The Kier molecular flexibility index (Phi) is 42.6. The molecule has 0 radical (unpaired) electrons. The number of ether oxygens (including phenoxy) is 3. The van der Waals surface area contributed by atoms with Gasteiger partial charge in [-0.2, -0.15) is 0 Å². The van der Waals surface area contributed by atoms with Crippen LogP contribution >= 0.6 is 0 Å². The highest BCUT2D eigenvalue weighted by atomic mass is 16.6. The van der Waals surface area contributed by atoms with E-state index in [0.717, 1.165) is 103 Å². The van der Waals surface area contributed by atoms with Gasteiger partial charge in [-0.25, -0.2) is 0 Å². The van der Waals surface area contributed by atoms with Gasteiger partial charge in [-0.3, -0.25) is 14.4 Å². The maximum Gasteiger partial charge on any atom is 0.306 e. The Labute approximate surface area is 350 Å². The Balaban J connectivity index is 4.39. The first-order valence-electron chi connectivity index (χ1n) is 23.1. The zero-order chi connectivity index (χ0) is 41.5. The molecule has 0 heterocycles. The summed E-state index contributed by atoms with van der Waals surface area (Å²) in [5, 5.41) is 0. The molecule has 0 spiro atoms. The van der Waals surface area contributed by atoms with E-state index in [-0.39, 0.29) is 37.5 Å². The SMILES string of the molecule is CC/C=C\C/C=C\C/C=C\C/C=C\CCCCCCCCC(=O)OCC(COC(=O)CCC/C=C\CCCCCC)OC(=O)CCCCC/C=C\C=C/CCCC. The van der Waals surface area contributed by atoms with Crippen molar-refractivity contribution >= 4 is 17.9 Å². The summed E-state index contributed by atoms with van der Waals surface area (Å²) < 4.78 is 16.6. The fourth-order valence-corrected chi connectivity index (χ4v) is 5.88. The van der Waals surface area contributed by atoms with Crippen LogP contribution in [-0.4, -0.2) is 37.2 Å². The summed E-state index contributed by atoms with van der Waals surface area (Å²) in [6.45, 7) is 6.35. The van der Waals surface area contributed by atoms with Gasteiger partial charge in [-0.05, 0) is 96.3 Å². The van der Waals surface area contributed by atoms with Crippen LogP contribution in [0.3, 0.4) is 0 Å². The van der Waals surface area contributed by atoms with Gasteiger partial charge in [-0.15, -0.1) is 0 Å². The summed E-state index contributed by atoms with van der Waals surface area (Å²) in [4.78, 5) is 37.7. The van der Waals surface area contributed by atoms with Crippen LogP contribution in [0.25, 0.3) is 0 Å².